The number of primary amides is 1. The molecule has 0 radical (unpaired) electrons. The second-order valence-corrected chi connectivity index (χ2v) is 3.46. The molecule has 0 spiro atoms. The third-order valence-electron chi connectivity index (χ3n) is 1.87. The van der Waals surface area contributed by atoms with Gasteiger partial charge in [-0.2, -0.15) is 0 Å². The second-order valence-electron chi connectivity index (χ2n) is 3.02. The molecule has 0 aliphatic heterocycles. The highest BCUT2D eigenvalue weighted by Crippen LogP contribution is 2.16. The van der Waals surface area contributed by atoms with Gasteiger partial charge in [0.25, 0.3) is 0 Å². The lowest BCUT2D eigenvalue weighted by Gasteiger charge is -2.00. The highest BCUT2D eigenvalue weighted by atomic mass is 35.5. The van der Waals surface area contributed by atoms with Gasteiger partial charge >= 0.3 is 6.09 Å². The zero-order valence-electron chi connectivity index (χ0n) is 8.13. The predicted molar refractivity (Wildman–Crippen MR) is 58.8 cm³/mol. The van der Waals surface area contributed by atoms with Crippen molar-refractivity contribution in [3.05, 3.63) is 41.8 Å². The van der Waals surface area contributed by atoms with Crippen LogP contribution >= 0.6 is 11.6 Å². The third kappa shape index (κ3) is 2.32. The van der Waals surface area contributed by atoms with Crippen molar-refractivity contribution < 1.29 is 9.53 Å². The summed E-state index contributed by atoms with van der Waals surface area (Å²) in [4.78, 5) is 14.4. The molecule has 82 valence electrons. The molecule has 1 amide bonds. The molecule has 2 N–H and O–H groups in total. The quantitative estimate of drug-likeness (QED) is 0.868. The first-order valence-electron chi connectivity index (χ1n) is 4.42. The number of carbonyl (C=O) groups is 1. The number of nitrogens with zero attached hydrogens (tertiary/aromatic N) is 2. The van der Waals surface area contributed by atoms with Crippen molar-refractivity contribution in [2.75, 3.05) is 0 Å². The molecule has 0 unspecified atom stereocenters. The molecule has 0 aliphatic rings. The van der Waals surface area contributed by atoms with E-state index in [-0.39, 0.29) is 5.88 Å². The molecule has 0 aliphatic carbocycles. The van der Waals surface area contributed by atoms with Gasteiger partial charge in [-0.3, -0.25) is 0 Å². The normalized spacial score (nSPS) is 10.1. The Labute approximate surface area is 96.4 Å². The van der Waals surface area contributed by atoms with Crippen molar-refractivity contribution >= 4 is 17.7 Å². The van der Waals surface area contributed by atoms with Gasteiger partial charge in [0.2, 0.25) is 5.88 Å². The lowest BCUT2D eigenvalue weighted by molar-refractivity contribution is 0.209. The first-order chi connectivity index (χ1) is 7.65. The predicted octanol–water partition coefficient (Wildman–Crippen LogP) is 1.98. The number of nitrogens with two attached hydrogens (primary N) is 1. The van der Waals surface area contributed by atoms with E-state index in [4.69, 9.17) is 17.3 Å². The van der Waals surface area contributed by atoms with Gasteiger partial charge in [0, 0.05) is 10.7 Å². The van der Waals surface area contributed by atoms with Crippen LogP contribution in [-0.2, 0) is 0 Å². The van der Waals surface area contributed by atoms with Crippen molar-refractivity contribution in [2.24, 2.45) is 5.73 Å². The Morgan fingerprint density at radius 2 is 2.31 bits per heavy atom. The maximum atomic E-state index is 10.5. The molecular formula is C10H8ClN3O2. The van der Waals surface area contributed by atoms with Gasteiger partial charge in [-0.15, -0.1) is 0 Å². The summed E-state index contributed by atoms with van der Waals surface area (Å²) in [7, 11) is 0. The summed E-state index contributed by atoms with van der Waals surface area (Å²) in [6.45, 7) is 0. The lowest BCUT2D eigenvalue weighted by atomic mass is 10.3. The van der Waals surface area contributed by atoms with Crippen LogP contribution in [0.15, 0.2) is 36.8 Å². The zero-order valence-corrected chi connectivity index (χ0v) is 8.89. The van der Waals surface area contributed by atoms with Crippen LogP contribution in [0.2, 0.25) is 5.02 Å². The van der Waals surface area contributed by atoms with Gasteiger partial charge in [-0.05, 0) is 18.2 Å². The molecule has 0 bridgehead atoms. The van der Waals surface area contributed by atoms with E-state index >= 15 is 0 Å². The van der Waals surface area contributed by atoms with Crippen LogP contribution in [0, 0.1) is 0 Å². The molecule has 5 nitrogen and oxygen atoms in total. The minimum absolute atomic E-state index is 0.146. The second kappa shape index (κ2) is 4.24. The molecule has 0 saturated carbocycles. The van der Waals surface area contributed by atoms with Gasteiger partial charge in [-0.25, -0.2) is 9.78 Å². The minimum Gasteiger partial charge on any atom is -0.390 e. The van der Waals surface area contributed by atoms with Crippen molar-refractivity contribution in [1.29, 1.82) is 0 Å². The van der Waals surface area contributed by atoms with Crippen molar-refractivity contribution in [2.45, 2.75) is 0 Å². The monoisotopic (exact) mass is 237 g/mol. The number of imidazole rings is 1. The number of carbonyl (C=O) groups excluding carboxylic acids is 1. The van der Waals surface area contributed by atoms with E-state index in [1.54, 1.807) is 16.7 Å². The largest absolute Gasteiger partial charge is 0.411 e. The van der Waals surface area contributed by atoms with E-state index in [9.17, 15) is 4.79 Å². The van der Waals surface area contributed by atoms with E-state index in [0.29, 0.717) is 5.02 Å². The van der Waals surface area contributed by atoms with Gasteiger partial charge in [-0.1, -0.05) is 17.7 Å². The van der Waals surface area contributed by atoms with E-state index < -0.39 is 6.09 Å². The molecule has 1 heterocycles. The van der Waals surface area contributed by atoms with E-state index in [1.807, 2.05) is 12.1 Å². The molecule has 0 fully saturated rings. The van der Waals surface area contributed by atoms with E-state index in [1.165, 1.54) is 12.5 Å². The molecule has 2 rings (SSSR count). The third-order valence-corrected chi connectivity index (χ3v) is 2.11. The highest BCUT2D eigenvalue weighted by molar-refractivity contribution is 6.30. The van der Waals surface area contributed by atoms with E-state index in [2.05, 4.69) is 9.72 Å². The summed E-state index contributed by atoms with van der Waals surface area (Å²) >= 11 is 5.85. The van der Waals surface area contributed by atoms with Crippen LogP contribution in [0.3, 0.4) is 0 Å². The number of aromatic nitrogens is 2. The SMILES string of the molecule is NC(=O)Oc1cn(-c2cccc(Cl)c2)cn1. The zero-order chi connectivity index (χ0) is 11.5. The first kappa shape index (κ1) is 10.5. The van der Waals surface area contributed by atoms with Crippen molar-refractivity contribution in [1.82, 2.24) is 9.55 Å². The summed E-state index contributed by atoms with van der Waals surface area (Å²) in [5.74, 6) is 0.146. The average Bonchev–Trinajstić information content (AvgIpc) is 2.65. The molecule has 0 saturated heterocycles. The number of benzene rings is 1. The summed E-state index contributed by atoms with van der Waals surface area (Å²) in [5.41, 5.74) is 5.68. The summed E-state index contributed by atoms with van der Waals surface area (Å²) in [5, 5.41) is 0.614. The number of ether oxygens (including phenoxy) is 1. The van der Waals surface area contributed by atoms with Crippen LogP contribution in [0.1, 0.15) is 0 Å². The average molecular weight is 238 g/mol. The molecule has 6 heteroatoms. The number of rotatable bonds is 2. The Morgan fingerprint density at radius 1 is 1.50 bits per heavy atom. The van der Waals surface area contributed by atoms with Gasteiger partial charge in [0.15, 0.2) is 0 Å². The summed E-state index contributed by atoms with van der Waals surface area (Å²) in [6, 6.07) is 7.19. The fourth-order valence-corrected chi connectivity index (χ4v) is 1.42. The lowest BCUT2D eigenvalue weighted by Crippen LogP contribution is -2.16. The maximum Gasteiger partial charge on any atom is 0.411 e. The Kier molecular flexibility index (Phi) is 2.78. The van der Waals surface area contributed by atoms with Crippen molar-refractivity contribution in [3.8, 4) is 11.6 Å². The standard InChI is InChI=1S/C10H8ClN3O2/c11-7-2-1-3-8(4-7)14-5-9(13-6-14)16-10(12)15/h1-6H,(H2,12,15). The Morgan fingerprint density at radius 3 is 3.00 bits per heavy atom. The van der Waals surface area contributed by atoms with E-state index in [0.717, 1.165) is 5.69 Å². The highest BCUT2D eigenvalue weighted by Gasteiger charge is 2.04. The van der Waals surface area contributed by atoms with Crippen LogP contribution in [-0.4, -0.2) is 15.6 Å². The van der Waals surface area contributed by atoms with Gasteiger partial charge in [0.1, 0.15) is 6.33 Å². The smallest absolute Gasteiger partial charge is 0.390 e. The molecule has 0 atom stereocenters. The van der Waals surface area contributed by atoms with Crippen LogP contribution in [0.4, 0.5) is 4.79 Å². The fourth-order valence-electron chi connectivity index (χ4n) is 1.24. The van der Waals surface area contributed by atoms with Gasteiger partial charge in [0.05, 0.1) is 6.20 Å². The maximum absolute atomic E-state index is 10.5. The summed E-state index contributed by atoms with van der Waals surface area (Å²) < 4.78 is 6.29. The van der Waals surface area contributed by atoms with Crippen LogP contribution in [0.25, 0.3) is 5.69 Å². The Hall–Kier alpha value is -2.01. The molecule has 16 heavy (non-hydrogen) atoms. The Balaban J connectivity index is 2.28. The molecule has 1 aromatic carbocycles. The first-order valence-corrected chi connectivity index (χ1v) is 4.80. The number of hydrogen-bond donors (Lipinski definition) is 1. The van der Waals surface area contributed by atoms with Crippen LogP contribution < -0.4 is 10.5 Å². The topological polar surface area (TPSA) is 70.1 Å². The molecule has 1 aromatic heterocycles. The van der Waals surface area contributed by atoms with Crippen LogP contribution in [0.5, 0.6) is 5.88 Å². The number of amides is 1. The number of halogens is 1. The summed E-state index contributed by atoms with van der Waals surface area (Å²) in [6.07, 6.45) is 2.15. The van der Waals surface area contributed by atoms with Gasteiger partial charge < -0.3 is 15.0 Å². The van der Waals surface area contributed by atoms with Crippen molar-refractivity contribution in [3.63, 3.8) is 0 Å². The fraction of sp³-hybridized carbons (Fsp3) is 0. The number of hydrogen-bond acceptors (Lipinski definition) is 3. The molecular weight excluding hydrogens is 230 g/mol. The Bertz CT molecular complexity index is 524. The minimum atomic E-state index is -0.892. The molecule has 2 aromatic rings.